The van der Waals surface area contributed by atoms with Crippen molar-refractivity contribution in [1.82, 2.24) is 88.1 Å². The van der Waals surface area contributed by atoms with Crippen LogP contribution in [0, 0.1) is 17.5 Å². The molecule has 10 aromatic rings. The molecule has 14 rings (SSSR count). The monoisotopic (exact) mass is 1500 g/mol. The molecular formula is C71H70F12N18O6. The summed E-state index contributed by atoms with van der Waals surface area (Å²) in [4.78, 5) is 90.1. The Morgan fingerprint density at radius 3 is 1.18 bits per heavy atom. The van der Waals surface area contributed by atoms with Crippen molar-refractivity contribution in [3.8, 4) is 33.8 Å². The first-order chi connectivity index (χ1) is 50.7. The summed E-state index contributed by atoms with van der Waals surface area (Å²) in [5.41, 5.74) is -4.78. The van der Waals surface area contributed by atoms with Gasteiger partial charge in [0, 0.05) is 127 Å². The summed E-state index contributed by atoms with van der Waals surface area (Å²) < 4.78 is 174. The Labute approximate surface area is 602 Å². The maximum absolute atomic E-state index is 13.8. The predicted octanol–water partition coefficient (Wildman–Crippen LogP) is 9.84. The van der Waals surface area contributed by atoms with Gasteiger partial charge in [-0.25, -0.2) is 46.7 Å². The van der Waals surface area contributed by atoms with Crippen molar-refractivity contribution in [3.63, 3.8) is 0 Å². The normalized spacial score (nSPS) is 16.1. The maximum atomic E-state index is 13.8. The number of halogens is 12. The van der Waals surface area contributed by atoms with Crippen molar-refractivity contribution in [2.24, 2.45) is 0 Å². The molecule has 0 radical (unpaired) electrons. The molecule has 1 unspecified atom stereocenters. The van der Waals surface area contributed by atoms with Gasteiger partial charge in [0.25, 0.3) is 17.7 Å². The molecule has 0 bridgehead atoms. The molecule has 564 valence electrons. The molecule has 7 aromatic heterocycles. The molecule has 1 aliphatic carbocycles. The minimum Gasteiger partial charge on any atom is -0.459 e. The second-order valence-corrected chi connectivity index (χ2v) is 26.9. The van der Waals surface area contributed by atoms with E-state index in [-0.39, 0.29) is 83.3 Å². The van der Waals surface area contributed by atoms with Gasteiger partial charge in [-0.3, -0.25) is 38.7 Å². The van der Waals surface area contributed by atoms with E-state index in [2.05, 4.69) is 45.4 Å². The third-order valence-electron chi connectivity index (χ3n) is 18.0. The van der Waals surface area contributed by atoms with Crippen LogP contribution in [-0.2, 0) is 39.4 Å². The minimum atomic E-state index is -4.75. The van der Waals surface area contributed by atoms with Gasteiger partial charge in [-0.15, -0.1) is 0 Å². The lowest BCUT2D eigenvalue weighted by Crippen LogP contribution is -2.55. The fraction of sp³-hybridized carbons (Fsp3) is 0.380. The molecular weight excluding hydrogens is 1430 g/mol. The zero-order chi connectivity index (χ0) is 76.4. The summed E-state index contributed by atoms with van der Waals surface area (Å²) in [6, 6.07) is 17.3. The van der Waals surface area contributed by atoms with Gasteiger partial charge in [-0.1, -0.05) is 0 Å². The number of nitrogens with zero attached hydrogens (tertiary/aromatic N) is 17. The number of piperazine rings is 3. The molecule has 24 nitrogen and oxygen atoms in total. The summed E-state index contributed by atoms with van der Waals surface area (Å²) in [5.74, 6) is -3.46. The van der Waals surface area contributed by atoms with E-state index in [4.69, 9.17) is 4.74 Å². The van der Waals surface area contributed by atoms with Gasteiger partial charge in [0.05, 0.1) is 54.6 Å². The van der Waals surface area contributed by atoms with E-state index >= 15 is 0 Å². The molecule has 36 heteroatoms. The topological polar surface area (TPSA) is 234 Å². The molecule has 4 amide bonds. The summed E-state index contributed by atoms with van der Waals surface area (Å²) in [7, 11) is 0. The van der Waals surface area contributed by atoms with Crippen LogP contribution in [-0.4, -0.2) is 222 Å². The number of carbonyl (C=O) groups excluding carboxylic acids is 5. The lowest BCUT2D eigenvalue weighted by Gasteiger charge is -2.37. The van der Waals surface area contributed by atoms with Crippen LogP contribution < -0.4 is 5.32 Å². The van der Waals surface area contributed by atoms with Crippen LogP contribution in [0.25, 0.3) is 50.7 Å². The van der Waals surface area contributed by atoms with Crippen LogP contribution in [0.15, 0.2) is 128 Å². The Kier molecular flexibility index (Phi) is 21.9. The molecule has 10 heterocycles. The number of aromatic nitrogens is 11. The second-order valence-electron chi connectivity index (χ2n) is 26.9. The molecule has 1 N–H and O–H groups in total. The fourth-order valence-electron chi connectivity index (χ4n) is 12.2. The van der Waals surface area contributed by atoms with Crippen molar-refractivity contribution in [2.45, 2.75) is 83.3 Å². The number of imidazole rings is 4. The first kappa shape index (κ1) is 75.8. The Bertz CT molecular complexity index is 4860. The van der Waals surface area contributed by atoms with Gasteiger partial charge < -0.3 is 29.3 Å². The third kappa shape index (κ3) is 18.5. The van der Waals surface area contributed by atoms with E-state index in [0.717, 1.165) is 100 Å². The van der Waals surface area contributed by atoms with Crippen LogP contribution in [0.2, 0.25) is 0 Å². The molecule has 0 spiro atoms. The highest BCUT2D eigenvalue weighted by Crippen LogP contribution is 2.38. The van der Waals surface area contributed by atoms with E-state index < -0.39 is 92.9 Å². The van der Waals surface area contributed by atoms with Crippen LogP contribution in [0.4, 0.5) is 52.7 Å². The molecule has 4 aliphatic rings. The van der Waals surface area contributed by atoms with Gasteiger partial charge in [0.15, 0.2) is 16.9 Å². The predicted molar refractivity (Wildman–Crippen MR) is 361 cm³/mol. The van der Waals surface area contributed by atoms with Crippen molar-refractivity contribution >= 4 is 46.5 Å². The van der Waals surface area contributed by atoms with Crippen molar-refractivity contribution < 1.29 is 81.4 Å². The summed E-state index contributed by atoms with van der Waals surface area (Å²) >= 11 is 0. The highest BCUT2D eigenvalue weighted by molar-refractivity contribution is 5.95. The minimum absolute atomic E-state index is 0.00673. The molecule has 1 atom stereocenters. The molecule has 3 saturated heterocycles. The Morgan fingerprint density at radius 2 is 0.850 bits per heavy atom. The first-order valence-electron chi connectivity index (χ1n) is 33.9. The number of hydrogen-bond donors (Lipinski definition) is 1. The van der Waals surface area contributed by atoms with E-state index in [1.807, 2.05) is 27.5 Å². The maximum Gasteiger partial charge on any atom is 0.420 e. The zero-order valence-electron chi connectivity index (χ0n) is 57.9. The Morgan fingerprint density at radius 1 is 0.495 bits per heavy atom. The standard InChI is InChI=1S/C24H24F4N6O2.C24H25F4N5O3.C23H21F4N7O/c1-14(22(35)29-17-6-7-17)32-8-10-33(11-9-32)23(36)20-13-34-21(30-20)18(24(26,27)28)12-19(31-34)15-2-4-16(25)5-3-15;1-23(2,3)36-20(34)14-31-8-10-32(11-9-31)22(35)19-13-33-21(29-19)17(24(26,27)28)12-18(30-33)15-4-6-16(25)7-5-15;24-17-3-1-16(2-4-17)19-13-18(23(25,26)27)21-29-20(14-34(21)30-19)22(35)33-11-9-31(10-12-33)7-8-32-6-5-28-15-32/h2-5,12-14,17H,6-11H2,1H3,(H,29,35);4-7,12-13H,8-11,14H2,1-3H3;1-6,13-15H,7-12H2. The van der Waals surface area contributed by atoms with E-state index in [9.17, 15) is 76.7 Å². The highest BCUT2D eigenvalue weighted by Gasteiger charge is 2.40. The molecule has 3 aliphatic heterocycles. The first-order valence-corrected chi connectivity index (χ1v) is 33.9. The molecule has 3 aromatic carbocycles. The quantitative estimate of drug-likeness (QED) is 0.0788. The van der Waals surface area contributed by atoms with Gasteiger partial charge in [-0.05, 0) is 132 Å². The number of carbonyl (C=O) groups is 5. The van der Waals surface area contributed by atoms with Crippen LogP contribution in [0.3, 0.4) is 0 Å². The van der Waals surface area contributed by atoms with Gasteiger partial charge in [0.2, 0.25) is 5.91 Å². The number of ether oxygens (including phenoxy) is 1. The number of rotatable bonds is 14. The van der Waals surface area contributed by atoms with E-state index in [1.165, 1.54) is 58.6 Å². The smallest absolute Gasteiger partial charge is 0.420 e. The van der Waals surface area contributed by atoms with Crippen molar-refractivity contribution in [1.29, 1.82) is 0 Å². The molecule has 1 saturated carbocycles. The number of amides is 4. The van der Waals surface area contributed by atoms with E-state index in [0.29, 0.717) is 76.6 Å². The lowest BCUT2D eigenvalue weighted by molar-refractivity contribution is -0.156. The second kappa shape index (κ2) is 30.9. The SMILES string of the molecule is CC(C(=O)NC1CC1)N1CCN(C(=O)c2cn3nc(-c4ccc(F)cc4)cc(C(F)(F)F)c3n2)CC1.CC(C)(C)OC(=O)CN1CCN(C(=O)c2cn3nc(-c4ccc(F)cc4)cc(C(F)(F)F)c3n2)CC1.O=C(c1cn2nc(-c3ccc(F)cc3)cc(C(F)(F)F)c2n1)N1CCN(CCn2ccnc2)CC1. The average Bonchev–Trinajstić information content (AvgIpc) is 1.68. The van der Waals surface area contributed by atoms with Gasteiger partial charge in [0.1, 0.15) is 56.8 Å². The van der Waals surface area contributed by atoms with Crippen LogP contribution in [0.1, 0.15) is 88.7 Å². The number of esters is 1. The van der Waals surface area contributed by atoms with Gasteiger partial charge in [-0.2, -0.15) is 54.8 Å². The lowest BCUT2D eigenvalue weighted by atomic mass is 10.1. The average molecular weight is 1500 g/mol. The summed E-state index contributed by atoms with van der Waals surface area (Å²) in [6.07, 6.45) is -3.33. The van der Waals surface area contributed by atoms with Gasteiger partial charge >= 0.3 is 24.5 Å². The molecule has 4 fully saturated rings. The van der Waals surface area contributed by atoms with Crippen LogP contribution in [0.5, 0.6) is 0 Å². The number of alkyl halides is 9. The van der Waals surface area contributed by atoms with Crippen molar-refractivity contribution in [2.75, 3.05) is 91.6 Å². The number of nitrogens with one attached hydrogen (secondary N) is 1. The van der Waals surface area contributed by atoms with Crippen molar-refractivity contribution in [3.05, 3.63) is 180 Å². The third-order valence-corrected chi connectivity index (χ3v) is 18.0. The number of benzene rings is 3. The fourth-order valence-corrected chi connectivity index (χ4v) is 12.2. The summed E-state index contributed by atoms with van der Waals surface area (Å²) in [6.45, 7) is 13.9. The van der Waals surface area contributed by atoms with Crippen LogP contribution >= 0.6 is 0 Å². The largest absolute Gasteiger partial charge is 0.459 e. The number of fused-ring (bicyclic) bond motifs is 3. The summed E-state index contributed by atoms with van der Waals surface area (Å²) in [5, 5.41) is 15.5. The molecule has 107 heavy (non-hydrogen) atoms. The highest BCUT2D eigenvalue weighted by atomic mass is 19.4. The number of hydrogen-bond acceptors (Lipinski definition) is 16. The Hall–Kier alpha value is -10.9. The Balaban J connectivity index is 0.000000150. The van der Waals surface area contributed by atoms with E-state index in [1.54, 1.807) is 38.2 Å². The zero-order valence-corrected chi connectivity index (χ0v) is 57.9.